The van der Waals surface area contributed by atoms with Crippen molar-refractivity contribution >= 4 is 8.32 Å². The molecule has 0 aliphatic rings. The molecule has 0 aromatic carbocycles. The van der Waals surface area contributed by atoms with Gasteiger partial charge in [0, 0.05) is 6.54 Å². The number of ether oxygens (including phenoxy) is 12. The van der Waals surface area contributed by atoms with E-state index in [0.29, 0.717) is 159 Å². The van der Waals surface area contributed by atoms with Crippen LogP contribution in [0.15, 0.2) is 0 Å². The second-order valence-corrected chi connectivity index (χ2v) is 17.6. The van der Waals surface area contributed by atoms with Crippen LogP contribution in [0.25, 0.3) is 0 Å². The molecular formula is C34H73NO13Si. The summed E-state index contributed by atoms with van der Waals surface area (Å²) in [6.07, 6.45) is 0. The summed E-state index contributed by atoms with van der Waals surface area (Å²) in [5.74, 6) is 0. The fourth-order valence-corrected chi connectivity index (χ4v) is 4.37. The molecular weight excluding hydrogens is 658 g/mol. The van der Waals surface area contributed by atoms with Crippen molar-refractivity contribution in [3.05, 3.63) is 0 Å². The molecule has 296 valence electrons. The van der Waals surface area contributed by atoms with Crippen LogP contribution in [-0.2, 0) is 61.3 Å². The number of hydrogen-bond acceptors (Lipinski definition) is 14. The second-order valence-electron chi connectivity index (χ2n) is 12.8. The first-order chi connectivity index (χ1) is 23.7. The highest BCUT2D eigenvalue weighted by Crippen LogP contribution is 2.36. The third kappa shape index (κ3) is 37.2. The highest BCUT2D eigenvalue weighted by atomic mass is 28.4. The molecule has 0 aliphatic carbocycles. The highest BCUT2D eigenvalue weighted by Gasteiger charge is 2.36. The van der Waals surface area contributed by atoms with Crippen molar-refractivity contribution in [1.29, 1.82) is 0 Å². The fraction of sp³-hybridized carbons (Fsp3) is 1.00. The molecule has 0 saturated carbocycles. The molecule has 0 aromatic rings. The molecule has 0 spiro atoms. The van der Waals surface area contributed by atoms with Gasteiger partial charge in [0.25, 0.3) is 0 Å². The average Bonchev–Trinajstić information content (AvgIpc) is 3.05. The zero-order chi connectivity index (χ0) is 36.2. The normalized spacial score (nSPS) is 12.5. The molecule has 0 aromatic heterocycles. The largest absolute Gasteiger partial charge is 0.414 e. The maximum absolute atomic E-state index is 6.08. The lowest BCUT2D eigenvalue weighted by atomic mass is 10.2. The Morgan fingerprint density at radius 1 is 0.327 bits per heavy atom. The Morgan fingerprint density at radius 3 is 0.694 bits per heavy atom. The molecule has 0 N–H and O–H groups in total. The van der Waals surface area contributed by atoms with E-state index >= 15 is 0 Å². The van der Waals surface area contributed by atoms with Crippen LogP contribution < -0.4 is 0 Å². The van der Waals surface area contributed by atoms with Crippen molar-refractivity contribution < 1.29 is 61.3 Å². The standard InChI is InChI=1S/C34H73NO13Si/c1-34(2,3)49(6,7)48-33-32-47-31-30-46-29-28-45-27-26-44-25-24-43-23-22-42-21-20-41-19-18-40-17-16-39-15-14-38-13-12-37-11-10-36-9-8-35(4)5/h8-33H2,1-7H3. The van der Waals surface area contributed by atoms with Gasteiger partial charge in [0.15, 0.2) is 8.32 Å². The summed E-state index contributed by atoms with van der Waals surface area (Å²) in [4.78, 5) is 2.08. The van der Waals surface area contributed by atoms with Crippen LogP contribution >= 0.6 is 0 Å². The Kier molecular flexibility index (Phi) is 35.8. The Labute approximate surface area is 299 Å². The van der Waals surface area contributed by atoms with Gasteiger partial charge < -0.3 is 66.2 Å². The summed E-state index contributed by atoms with van der Waals surface area (Å²) in [5.41, 5.74) is 0. The molecule has 0 fully saturated rings. The first kappa shape index (κ1) is 48.7. The molecule has 0 amide bonds. The van der Waals surface area contributed by atoms with Crippen molar-refractivity contribution in [2.45, 2.75) is 38.9 Å². The van der Waals surface area contributed by atoms with Crippen LogP contribution in [0.1, 0.15) is 20.8 Å². The number of rotatable bonds is 40. The topological polar surface area (TPSA) is 123 Å². The van der Waals surface area contributed by atoms with Gasteiger partial charge in [0.05, 0.1) is 165 Å². The van der Waals surface area contributed by atoms with E-state index in [2.05, 4.69) is 38.8 Å². The minimum atomic E-state index is -1.70. The SMILES string of the molecule is CN(C)CCOCCOCCOCCOCCOCCOCCOCCOCCOCCOCCOCCOCCO[Si](C)(C)C(C)(C)C. The maximum atomic E-state index is 6.08. The van der Waals surface area contributed by atoms with E-state index in [1.807, 2.05) is 14.1 Å². The van der Waals surface area contributed by atoms with Gasteiger partial charge in [-0.2, -0.15) is 0 Å². The predicted molar refractivity (Wildman–Crippen MR) is 192 cm³/mol. The smallest absolute Gasteiger partial charge is 0.192 e. The van der Waals surface area contributed by atoms with E-state index in [4.69, 9.17) is 61.3 Å². The first-order valence-corrected chi connectivity index (χ1v) is 20.8. The van der Waals surface area contributed by atoms with Crippen LogP contribution in [-0.4, -0.2) is 199 Å². The van der Waals surface area contributed by atoms with E-state index in [0.717, 1.165) is 13.2 Å². The molecule has 0 aliphatic heterocycles. The van der Waals surface area contributed by atoms with E-state index in [9.17, 15) is 0 Å². The number of nitrogens with zero attached hydrogens (tertiary/aromatic N) is 1. The maximum Gasteiger partial charge on any atom is 0.192 e. The van der Waals surface area contributed by atoms with Crippen molar-refractivity contribution in [2.24, 2.45) is 0 Å². The summed E-state index contributed by atoms with van der Waals surface area (Å²) in [6, 6.07) is 0. The van der Waals surface area contributed by atoms with E-state index in [1.165, 1.54) is 0 Å². The van der Waals surface area contributed by atoms with Gasteiger partial charge in [-0.1, -0.05) is 20.8 Å². The van der Waals surface area contributed by atoms with E-state index in [-0.39, 0.29) is 5.04 Å². The molecule has 49 heavy (non-hydrogen) atoms. The zero-order valence-corrected chi connectivity index (χ0v) is 33.1. The Morgan fingerprint density at radius 2 is 0.510 bits per heavy atom. The summed E-state index contributed by atoms with van der Waals surface area (Å²) < 4.78 is 72.0. The Hall–Kier alpha value is -0.343. The van der Waals surface area contributed by atoms with Gasteiger partial charge >= 0.3 is 0 Å². The average molecular weight is 732 g/mol. The van der Waals surface area contributed by atoms with Crippen molar-refractivity contribution in [3.8, 4) is 0 Å². The fourth-order valence-electron chi connectivity index (χ4n) is 3.34. The van der Waals surface area contributed by atoms with Gasteiger partial charge in [-0.3, -0.25) is 0 Å². The van der Waals surface area contributed by atoms with E-state index < -0.39 is 8.32 Å². The van der Waals surface area contributed by atoms with Crippen molar-refractivity contribution in [1.82, 2.24) is 4.90 Å². The van der Waals surface area contributed by atoms with Crippen LogP contribution in [0.4, 0.5) is 0 Å². The third-order valence-electron chi connectivity index (χ3n) is 7.27. The molecule has 0 heterocycles. The Bertz CT molecular complexity index is 660. The van der Waals surface area contributed by atoms with Crippen LogP contribution in [0, 0.1) is 0 Å². The molecule has 0 atom stereocenters. The molecule has 0 radical (unpaired) electrons. The quantitative estimate of drug-likeness (QED) is 0.0678. The summed E-state index contributed by atoms with van der Waals surface area (Å²) in [6.45, 7) is 25.8. The van der Waals surface area contributed by atoms with Gasteiger partial charge in [-0.25, -0.2) is 0 Å². The lowest BCUT2D eigenvalue weighted by Crippen LogP contribution is -2.41. The number of likely N-dealkylation sites (N-methyl/N-ethyl adjacent to an activating group) is 1. The monoisotopic (exact) mass is 731 g/mol. The van der Waals surface area contributed by atoms with Crippen molar-refractivity contribution in [2.75, 3.05) is 186 Å². The van der Waals surface area contributed by atoms with Crippen LogP contribution in [0.5, 0.6) is 0 Å². The van der Waals surface area contributed by atoms with Crippen LogP contribution in [0.2, 0.25) is 18.1 Å². The van der Waals surface area contributed by atoms with Gasteiger partial charge in [-0.05, 0) is 32.2 Å². The molecule has 14 nitrogen and oxygen atoms in total. The Balaban J connectivity index is 3.12. The summed E-state index contributed by atoms with van der Waals surface area (Å²) in [7, 11) is 2.34. The molecule has 0 unspecified atom stereocenters. The van der Waals surface area contributed by atoms with E-state index in [1.54, 1.807) is 0 Å². The lowest BCUT2D eigenvalue weighted by molar-refractivity contribution is -0.0286. The summed E-state index contributed by atoms with van der Waals surface area (Å²) in [5, 5.41) is 0.217. The minimum absolute atomic E-state index is 0.217. The van der Waals surface area contributed by atoms with Gasteiger partial charge in [-0.15, -0.1) is 0 Å². The minimum Gasteiger partial charge on any atom is -0.414 e. The predicted octanol–water partition coefficient (Wildman–Crippen LogP) is 2.77. The molecule has 0 bridgehead atoms. The third-order valence-corrected chi connectivity index (χ3v) is 11.8. The van der Waals surface area contributed by atoms with Gasteiger partial charge in [0.2, 0.25) is 0 Å². The van der Waals surface area contributed by atoms with Crippen molar-refractivity contribution in [3.63, 3.8) is 0 Å². The molecule has 0 rings (SSSR count). The van der Waals surface area contributed by atoms with Crippen LogP contribution in [0.3, 0.4) is 0 Å². The summed E-state index contributed by atoms with van der Waals surface area (Å²) >= 11 is 0. The molecule has 0 saturated heterocycles. The lowest BCUT2D eigenvalue weighted by Gasteiger charge is -2.36. The highest BCUT2D eigenvalue weighted by molar-refractivity contribution is 6.74. The number of hydrogen-bond donors (Lipinski definition) is 0. The second kappa shape index (κ2) is 36.0. The first-order valence-electron chi connectivity index (χ1n) is 17.9. The molecule has 15 heteroatoms. The van der Waals surface area contributed by atoms with Gasteiger partial charge in [0.1, 0.15) is 0 Å². The zero-order valence-electron chi connectivity index (χ0n) is 32.1.